The summed E-state index contributed by atoms with van der Waals surface area (Å²) < 4.78 is 11.8. The number of carbonyl (C=O) groups excluding carboxylic acids is 1. The van der Waals surface area contributed by atoms with Gasteiger partial charge in [-0.1, -0.05) is 12.1 Å². The van der Waals surface area contributed by atoms with Crippen LogP contribution in [-0.4, -0.2) is 52.9 Å². The third kappa shape index (κ3) is 3.93. The predicted molar refractivity (Wildman–Crippen MR) is 119 cm³/mol. The lowest BCUT2D eigenvalue weighted by molar-refractivity contribution is -0.000983. The summed E-state index contributed by atoms with van der Waals surface area (Å²) in [5, 5.41) is 9.07. The summed E-state index contributed by atoms with van der Waals surface area (Å²) >= 11 is 0. The molecule has 2 fully saturated rings. The number of rotatable bonds is 4. The van der Waals surface area contributed by atoms with Crippen LogP contribution < -0.4 is 9.64 Å². The third-order valence-electron chi connectivity index (χ3n) is 6.70. The number of carbonyl (C=O) groups is 2. The highest BCUT2D eigenvalue weighted by Gasteiger charge is 2.47. The molecule has 3 aliphatic rings. The fourth-order valence-corrected chi connectivity index (χ4v) is 5.00. The lowest BCUT2D eigenvalue weighted by Crippen LogP contribution is -2.46. The zero-order chi connectivity index (χ0) is 22.5. The highest BCUT2D eigenvalue weighted by Crippen LogP contribution is 2.38. The Morgan fingerprint density at radius 1 is 1.06 bits per heavy atom. The molecule has 1 amide bonds. The number of fused-ring (bicyclic) bond motifs is 1. The maximum atomic E-state index is 12.6. The second-order valence-corrected chi connectivity index (χ2v) is 9.75. The average molecular weight is 437 g/mol. The smallest absolute Gasteiger partial charge is 0.415 e. The number of anilines is 1. The number of amides is 1. The Morgan fingerprint density at radius 2 is 1.78 bits per heavy atom. The summed E-state index contributed by atoms with van der Waals surface area (Å²) in [6.45, 7) is 7.32. The van der Waals surface area contributed by atoms with Crippen molar-refractivity contribution in [2.45, 2.75) is 50.9 Å². The number of carboxylic acids is 1. The molecule has 32 heavy (non-hydrogen) atoms. The molecular weight excluding hydrogens is 408 g/mol. The minimum absolute atomic E-state index is 0.134. The first-order valence-electron chi connectivity index (χ1n) is 11.1. The van der Waals surface area contributed by atoms with E-state index in [1.807, 2.05) is 0 Å². The van der Waals surface area contributed by atoms with Gasteiger partial charge in [0.1, 0.15) is 17.0 Å². The Hall–Kier alpha value is -3.06. The van der Waals surface area contributed by atoms with Gasteiger partial charge in [-0.3, -0.25) is 9.80 Å². The largest absolute Gasteiger partial charge is 0.487 e. The first kappa shape index (κ1) is 20.8. The topological polar surface area (TPSA) is 79.3 Å². The molecule has 0 aliphatic carbocycles. The Bertz CT molecular complexity index is 1050. The van der Waals surface area contributed by atoms with Crippen molar-refractivity contribution < 1.29 is 24.2 Å². The van der Waals surface area contributed by atoms with E-state index in [9.17, 15) is 9.59 Å². The Labute approximate surface area is 187 Å². The van der Waals surface area contributed by atoms with Crippen LogP contribution in [0.25, 0.3) is 0 Å². The number of aromatic carboxylic acids is 1. The molecule has 3 heterocycles. The maximum absolute atomic E-state index is 12.6. The van der Waals surface area contributed by atoms with Crippen molar-refractivity contribution >= 4 is 17.7 Å². The van der Waals surface area contributed by atoms with Gasteiger partial charge < -0.3 is 14.6 Å². The number of piperidine rings is 1. The van der Waals surface area contributed by atoms with Gasteiger partial charge in [0.15, 0.2) is 0 Å². The van der Waals surface area contributed by atoms with Crippen LogP contribution in [0.15, 0.2) is 42.5 Å². The lowest BCUT2D eigenvalue weighted by atomic mass is 9.91. The summed E-state index contributed by atoms with van der Waals surface area (Å²) in [6, 6.07) is 12.8. The molecule has 168 valence electrons. The van der Waals surface area contributed by atoms with E-state index in [0.29, 0.717) is 12.2 Å². The first-order valence-corrected chi connectivity index (χ1v) is 11.1. The van der Waals surface area contributed by atoms with Crippen molar-refractivity contribution in [2.75, 3.05) is 24.5 Å². The summed E-state index contributed by atoms with van der Waals surface area (Å²) in [5.74, 6) is 0.00898. The maximum Gasteiger partial charge on any atom is 0.415 e. The van der Waals surface area contributed by atoms with Crippen LogP contribution in [0.2, 0.25) is 0 Å². The van der Waals surface area contributed by atoms with Crippen LogP contribution in [0.3, 0.4) is 0 Å². The van der Waals surface area contributed by atoms with Crippen molar-refractivity contribution in [1.29, 1.82) is 0 Å². The van der Waals surface area contributed by atoms with E-state index in [4.69, 9.17) is 14.6 Å². The Kier molecular flexibility index (Phi) is 4.89. The van der Waals surface area contributed by atoms with Gasteiger partial charge >= 0.3 is 12.1 Å². The van der Waals surface area contributed by atoms with Crippen molar-refractivity contribution in [3.8, 4) is 5.75 Å². The second-order valence-electron chi connectivity index (χ2n) is 9.75. The van der Waals surface area contributed by atoms with E-state index >= 15 is 0 Å². The molecule has 0 radical (unpaired) electrons. The quantitative estimate of drug-likeness (QED) is 0.778. The van der Waals surface area contributed by atoms with Gasteiger partial charge in [0, 0.05) is 44.6 Å². The highest BCUT2D eigenvalue weighted by molar-refractivity contribution is 5.92. The monoisotopic (exact) mass is 436 g/mol. The van der Waals surface area contributed by atoms with Gasteiger partial charge in [0.25, 0.3) is 0 Å². The van der Waals surface area contributed by atoms with Crippen LogP contribution >= 0.6 is 0 Å². The van der Waals surface area contributed by atoms with E-state index in [0.717, 1.165) is 44.6 Å². The minimum Gasteiger partial charge on any atom is -0.487 e. The molecule has 5 rings (SSSR count). The second kappa shape index (κ2) is 7.52. The van der Waals surface area contributed by atoms with E-state index in [-0.39, 0.29) is 17.3 Å². The SMILES string of the molecule is CC1(C)Cc2cc(CN3CCC4(CC3)CN(c3ccc(C(=O)O)cc3)C(=O)O4)ccc2O1. The molecule has 0 bridgehead atoms. The Morgan fingerprint density at radius 3 is 2.47 bits per heavy atom. The van der Waals surface area contributed by atoms with Crippen molar-refractivity contribution in [2.24, 2.45) is 0 Å². The average Bonchev–Trinajstić information content (AvgIpc) is 3.24. The third-order valence-corrected chi connectivity index (χ3v) is 6.70. The molecule has 0 aromatic heterocycles. The van der Waals surface area contributed by atoms with Crippen LogP contribution in [0.1, 0.15) is 48.2 Å². The highest BCUT2D eigenvalue weighted by atomic mass is 16.6. The fraction of sp³-hybridized carbons (Fsp3) is 0.440. The zero-order valence-corrected chi connectivity index (χ0v) is 18.5. The summed E-state index contributed by atoms with van der Waals surface area (Å²) in [5.41, 5.74) is 2.81. The van der Waals surface area contributed by atoms with Crippen molar-refractivity contribution in [3.63, 3.8) is 0 Å². The summed E-state index contributed by atoms with van der Waals surface area (Å²) in [4.78, 5) is 27.7. The lowest BCUT2D eigenvalue weighted by Gasteiger charge is -2.37. The number of benzene rings is 2. The molecule has 1 spiro atoms. The number of nitrogens with zero attached hydrogens (tertiary/aromatic N) is 2. The van der Waals surface area contributed by atoms with Crippen LogP contribution in [-0.2, 0) is 17.7 Å². The molecule has 3 aliphatic heterocycles. The van der Waals surface area contributed by atoms with E-state index in [2.05, 4.69) is 36.9 Å². The molecule has 2 saturated heterocycles. The molecular formula is C25H28N2O5. The molecule has 0 unspecified atom stereocenters. The number of carboxylic acid groups (broad SMARTS) is 1. The van der Waals surface area contributed by atoms with Gasteiger partial charge in [0.2, 0.25) is 0 Å². The number of hydrogen-bond acceptors (Lipinski definition) is 5. The predicted octanol–water partition coefficient (Wildman–Crippen LogP) is 4.09. The molecule has 0 atom stereocenters. The van der Waals surface area contributed by atoms with E-state index in [1.165, 1.54) is 23.3 Å². The van der Waals surface area contributed by atoms with Gasteiger partial charge in [-0.05, 0) is 55.3 Å². The van der Waals surface area contributed by atoms with E-state index < -0.39 is 11.6 Å². The summed E-state index contributed by atoms with van der Waals surface area (Å²) in [7, 11) is 0. The molecule has 0 saturated carbocycles. The normalized spacial score (nSPS) is 21.3. The number of likely N-dealkylation sites (tertiary alicyclic amines) is 1. The summed E-state index contributed by atoms with van der Waals surface area (Å²) in [6.07, 6.45) is 2.13. The molecule has 7 heteroatoms. The van der Waals surface area contributed by atoms with Crippen molar-refractivity contribution in [3.05, 3.63) is 59.2 Å². The number of hydrogen-bond donors (Lipinski definition) is 1. The van der Waals surface area contributed by atoms with Crippen LogP contribution in [0.5, 0.6) is 5.75 Å². The molecule has 2 aromatic carbocycles. The van der Waals surface area contributed by atoms with Crippen molar-refractivity contribution in [1.82, 2.24) is 4.90 Å². The van der Waals surface area contributed by atoms with Gasteiger partial charge in [-0.2, -0.15) is 0 Å². The molecule has 1 N–H and O–H groups in total. The molecule has 7 nitrogen and oxygen atoms in total. The van der Waals surface area contributed by atoms with Gasteiger partial charge in [-0.25, -0.2) is 9.59 Å². The molecule has 2 aromatic rings. The Balaban J connectivity index is 1.20. The van der Waals surface area contributed by atoms with Crippen LogP contribution in [0, 0.1) is 0 Å². The standard InChI is InChI=1S/C25H28N2O5/c1-24(2)14-19-13-17(3-8-21(19)31-24)15-26-11-9-25(10-12-26)16-27(23(30)32-25)20-6-4-18(5-7-20)22(28)29/h3-8,13H,9-12,14-16H2,1-2H3,(H,28,29). The number of ether oxygens (including phenoxy) is 2. The first-order chi connectivity index (χ1) is 15.2. The van der Waals surface area contributed by atoms with Crippen LogP contribution in [0.4, 0.5) is 10.5 Å². The zero-order valence-electron chi connectivity index (χ0n) is 18.5. The fourth-order valence-electron chi connectivity index (χ4n) is 5.00. The van der Waals surface area contributed by atoms with Gasteiger partial charge in [-0.15, -0.1) is 0 Å². The minimum atomic E-state index is -0.982. The van der Waals surface area contributed by atoms with Gasteiger partial charge in [0.05, 0.1) is 12.1 Å². The van der Waals surface area contributed by atoms with E-state index in [1.54, 1.807) is 17.0 Å².